The van der Waals surface area contributed by atoms with Gasteiger partial charge in [-0.2, -0.15) is 5.26 Å². The number of hydrogen-bond acceptors (Lipinski definition) is 3. The summed E-state index contributed by atoms with van der Waals surface area (Å²) >= 11 is 1.65. The fraction of sp³-hybridized carbons (Fsp3) is 0.500. The van der Waals surface area contributed by atoms with Crippen molar-refractivity contribution in [3.8, 4) is 6.07 Å². The van der Waals surface area contributed by atoms with Crippen LogP contribution in [0.5, 0.6) is 0 Å². The zero-order chi connectivity index (χ0) is 9.64. The maximum atomic E-state index is 8.67. The van der Waals surface area contributed by atoms with Gasteiger partial charge in [0.25, 0.3) is 0 Å². The molecule has 1 heterocycles. The topological polar surface area (TPSA) is 49.8 Å². The molecule has 68 valence electrons. The van der Waals surface area contributed by atoms with Crippen LogP contribution in [0.25, 0.3) is 0 Å². The molecule has 1 saturated carbocycles. The number of rotatable bonds is 1. The third kappa shape index (κ3) is 1.18. The van der Waals surface area contributed by atoms with Crippen LogP contribution in [0.4, 0.5) is 0 Å². The van der Waals surface area contributed by atoms with Crippen molar-refractivity contribution >= 4 is 11.3 Å². The third-order valence-corrected chi connectivity index (χ3v) is 3.98. The second-order valence-corrected chi connectivity index (χ2v) is 5.12. The molecule has 2 atom stereocenters. The van der Waals surface area contributed by atoms with Crippen LogP contribution >= 0.6 is 11.3 Å². The zero-order valence-electron chi connectivity index (χ0n) is 7.74. The SMILES string of the molecule is CC1(C)[C@@H](N)[C@@H]1c1cc(C#N)cs1. The van der Waals surface area contributed by atoms with Gasteiger partial charge in [0, 0.05) is 22.2 Å². The average Bonchev–Trinajstić information content (AvgIpc) is 2.55. The fourth-order valence-electron chi connectivity index (χ4n) is 1.80. The molecule has 0 aromatic carbocycles. The van der Waals surface area contributed by atoms with Gasteiger partial charge >= 0.3 is 0 Å². The van der Waals surface area contributed by atoms with Crippen molar-refractivity contribution in [2.75, 3.05) is 0 Å². The highest BCUT2D eigenvalue weighted by Crippen LogP contribution is 2.58. The number of nitrogens with two attached hydrogens (primary N) is 1. The Hall–Kier alpha value is -0.850. The Morgan fingerprint density at radius 1 is 1.62 bits per heavy atom. The van der Waals surface area contributed by atoms with Crippen molar-refractivity contribution in [1.29, 1.82) is 5.26 Å². The van der Waals surface area contributed by atoms with Gasteiger partial charge in [-0.15, -0.1) is 11.3 Å². The summed E-state index contributed by atoms with van der Waals surface area (Å²) in [4.78, 5) is 1.26. The maximum absolute atomic E-state index is 8.67. The van der Waals surface area contributed by atoms with E-state index in [4.69, 9.17) is 11.0 Å². The average molecular weight is 192 g/mol. The van der Waals surface area contributed by atoms with Crippen molar-refractivity contribution in [2.24, 2.45) is 11.1 Å². The van der Waals surface area contributed by atoms with Crippen LogP contribution in [0.1, 0.15) is 30.2 Å². The van der Waals surface area contributed by atoms with E-state index in [0.717, 1.165) is 5.56 Å². The number of thiophene rings is 1. The Bertz CT molecular complexity index is 373. The van der Waals surface area contributed by atoms with E-state index in [0.29, 0.717) is 5.92 Å². The van der Waals surface area contributed by atoms with E-state index in [-0.39, 0.29) is 11.5 Å². The van der Waals surface area contributed by atoms with Crippen LogP contribution < -0.4 is 5.73 Å². The molecule has 0 radical (unpaired) electrons. The summed E-state index contributed by atoms with van der Waals surface area (Å²) in [7, 11) is 0. The van der Waals surface area contributed by atoms with E-state index in [1.165, 1.54) is 4.88 Å². The van der Waals surface area contributed by atoms with Gasteiger partial charge in [0.05, 0.1) is 5.56 Å². The van der Waals surface area contributed by atoms with Gasteiger partial charge in [0.2, 0.25) is 0 Å². The Labute approximate surface area is 82.0 Å². The number of hydrogen-bond donors (Lipinski definition) is 1. The molecule has 1 aliphatic rings. The molecular formula is C10H12N2S. The van der Waals surface area contributed by atoms with Gasteiger partial charge in [-0.25, -0.2) is 0 Å². The lowest BCUT2D eigenvalue weighted by Crippen LogP contribution is -2.06. The van der Waals surface area contributed by atoms with Gasteiger partial charge in [0.1, 0.15) is 6.07 Å². The quantitative estimate of drug-likeness (QED) is 0.740. The van der Waals surface area contributed by atoms with E-state index in [1.54, 1.807) is 11.3 Å². The molecule has 0 unspecified atom stereocenters. The Morgan fingerprint density at radius 3 is 2.62 bits per heavy atom. The predicted molar refractivity (Wildman–Crippen MR) is 53.5 cm³/mol. The molecule has 3 heteroatoms. The highest BCUT2D eigenvalue weighted by atomic mass is 32.1. The summed E-state index contributed by atoms with van der Waals surface area (Å²) < 4.78 is 0. The first-order chi connectivity index (χ1) is 6.07. The molecule has 0 amide bonds. The van der Waals surface area contributed by atoms with Gasteiger partial charge in [-0.05, 0) is 11.5 Å². The highest BCUT2D eigenvalue weighted by molar-refractivity contribution is 7.10. The molecule has 2 rings (SSSR count). The van der Waals surface area contributed by atoms with Gasteiger partial charge in [-0.1, -0.05) is 13.8 Å². The van der Waals surface area contributed by atoms with E-state index in [2.05, 4.69) is 19.9 Å². The lowest BCUT2D eigenvalue weighted by atomic mass is 10.1. The standard InChI is InChI=1S/C10H12N2S/c1-10(2)8(9(10)12)7-3-6(4-11)5-13-7/h3,5,8-9H,12H2,1-2H3/t8-,9-/m0/s1. The Balaban J connectivity index is 2.26. The largest absolute Gasteiger partial charge is 0.327 e. The normalized spacial score (nSPS) is 29.7. The lowest BCUT2D eigenvalue weighted by Gasteiger charge is -1.97. The molecule has 1 fully saturated rings. The monoisotopic (exact) mass is 192 g/mol. The second-order valence-electron chi connectivity index (χ2n) is 4.17. The summed E-state index contributed by atoms with van der Waals surface area (Å²) in [6.45, 7) is 4.35. The minimum atomic E-state index is 0.220. The Morgan fingerprint density at radius 2 is 2.23 bits per heavy atom. The van der Waals surface area contributed by atoms with Gasteiger partial charge in [-0.3, -0.25) is 0 Å². The molecule has 13 heavy (non-hydrogen) atoms. The highest BCUT2D eigenvalue weighted by Gasteiger charge is 2.56. The van der Waals surface area contributed by atoms with E-state index < -0.39 is 0 Å². The first-order valence-electron chi connectivity index (χ1n) is 4.31. The molecule has 0 spiro atoms. The molecule has 1 aromatic heterocycles. The smallest absolute Gasteiger partial charge is 0.100 e. The van der Waals surface area contributed by atoms with Crippen molar-refractivity contribution in [2.45, 2.75) is 25.8 Å². The van der Waals surface area contributed by atoms with E-state index >= 15 is 0 Å². The second kappa shape index (κ2) is 2.57. The molecule has 0 bridgehead atoms. The van der Waals surface area contributed by atoms with E-state index in [9.17, 15) is 0 Å². The van der Waals surface area contributed by atoms with Crippen LogP contribution in [0.2, 0.25) is 0 Å². The van der Waals surface area contributed by atoms with Crippen LogP contribution in [0.15, 0.2) is 11.4 Å². The van der Waals surface area contributed by atoms with Crippen molar-refractivity contribution in [3.05, 3.63) is 21.9 Å². The Kier molecular flexibility index (Phi) is 1.73. The minimum Gasteiger partial charge on any atom is -0.327 e. The van der Waals surface area contributed by atoms with Crippen LogP contribution in [0.3, 0.4) is 0 Å². The molecule has 1 aromatic rings. The summed E-state index contributed by atoms with van der Waals surface area (Å²) in [5, 5.41) is 10.6. The van der Waals surface area contributed by atoms with Crippen molar-refractivity contribution < 1.29 is 0 Å². The third-order valence-electron chi connectivity index (χ3n) is 2.97. The molecule has 1 aliphatic carbocycles. The maximum Gasteiger partial charge on any atom is 0.100 e. The predicted octanol–water partition coefficient (Wildman–Crippen LogP) is 2.07. The van der Waals surface area contributed by atoms with Gasteiger partial charge in [0.15, 0.2) is 0 Å². The zero-order valence-corrected chi connectivity index (χ0v) is 8.56. The van der Waals surface area contributed by atoms with Crippen LogP contribution in [0, 0.1) is 16.7 Å². The summed E-state index contributed by atoms with van der Waals surface area (Å²) in [5.41, 5.74) is 6.93. The summed E-state index contributed by atoms with van der Waals surface area (Å²) in [6.07, 6.45) is 0. The first-order valence-corrected chi connectivity index (χ1v) is 5.19. The summed E-state index contributed by atoms with van der Waals surface area (Å²) in [6, 6.07) is 4.37. The fourth-order valence-corrected chi connectivity index (χ4v) is 2.97. The van der Waals surface area contributed by atoms with Crippen LogP contribution in [-0.2, 0) is 0 Å². The minimum absolute atomic E-state index is 0.220. The van der Waals surface area contributed by atoms with E-state index in [1.807, 2.05) is 11.4 Å². The lowest BCUT2D eigenvalue weighted by molar-refractivity contribution is 0.601. The van der Waals surface area contributed by atoms with Crippen LogP contribution in [-0.4, -0.2) is 6.04 Å². The number of nitriles is 1. The summed E-state index contributed by atoms with van der Waals surface area (Å²) in [5.74, 6) is 0.458. The molecule has 0 aliphatic heterocycles. The molecule has 0 saturated heterocycles. The van der Waals surface area contributed by atoms with Crippen molar-refractivity contribution in [3.63, 3.8) is 0 Å². The first kappa shape index (κ1) is 8.74. The van der Waals surface area contributed by atoms with Crippen molar-refractivity contribution in [1.82, 2.24) is 0 Å². The molecular weight excluding hydrogens is 180 g/mol. The number of nitrogens with zero attached hydrogens (tertiary/aromatic N) is 1. The molecule has 2 nitrogen and oxygen atoms in total. The molecule has 2 N–H and O–H groups in total. The van der Waals surface area contributed by atoms with Gasteiger partial charge < -0.3 is 5.73 Å².